The van der Waals surface area contributed by atoms with Gasteiger partial charge in [0.25, 0.3) is 0 Å². The van der Waals surface area contributed by atoms with E-state index in [2.05, 4.69) is 29.3 Å². The number of hydrogen-bond donors (Lipinski definition) is 0. The van der Waals surface area contributed by atoms with Crippen LogP contribution in [0, 0.1) is 6.92 Å². The highest BCUT2D eigenvalue weighted by atomic mass is 32.2. The molecule has 0 spiro atoms. The smallest absolute Gasteiger partial charge is 0.164 e. The highest BCUT2D eigenvalue weighted by Crippen LogP contribution is 2.33. The van der Waals surface area contributed by atoms with Crippen LogP contribution in [0.25, 0.3) is 0 Å². The third-order valence-corrected chi connectivity index (χ3v) is 5.15. The Bertz CT molecular complexity index is 443. The number of nitrogens with zero attached hydrogens (tertiary/aromatic N) is 1. The van der Waals surface area contributed by atoms with Crippen molar-refractivity contribution in [3.63, 3.8) is 0 Å². The number of carbonyl (C=O) groups is 1. The summed E-state index contributed by atoms with van der Waals surface area (Å²) in [7, 11) is 0. The van der Waals surface area contributed by atoms with E-state index in [-0.39, 0.29) is 0 Å². The molecular formula is C14H19NOS. The van der Waals surface area contributed by atoms with Gasteiger partial charge < -0.3 is 4.57 Å². The monoisotopic (exact) mass is 249 g/mol. The Morgan fingerprint density at radius 1 is 1.35 bits per heavy atom. The maximum Gasteiger partial charge on any atom is 0.164 e. The van der Waals surface area contributed by atoms with Crippen LogP contribution in [0.3, 0.4) is 0 Å². The van der Waals surface area contributed by atoms with E-state index in [1.54, 1.807) is 0 Å². The molecule has 1 aromatic rings. The molecule has 1 aliphatic heterocycles. The fourth-order valence-electron chi connectivity index (χ4n) is 3.19. The van der Waals surface area contributed by atoms with E-state index in [0.717, 1.165) is 24.8 Å². The molecular weight excluding hydrogens is 230 g/mol. The van der Waals surface area contributed by atoms with Gasteiger partial charge in [0.05, 0.1) is 0 Å². The first-order valence-electron chi connectivity index (χ1n) is 6.59. The molecule has 0 saturated carbocycles. The molecule has 0 amide bonds. The fourth-order valence-corrected chi connectivity index (χ4v) is 4.31. The SMILES string of the molecule is Cc1cc2c(n1C1CCCSC1)CCCC2=O. The first-order valence-corrected chi connectivity index (χ1v) is 7.74. The molecule has 1 unspecified atom stereocenters. The summed E-state index contributed by atoms with van der Waals surface area (Å²) < 4.78 is 2.47. The number of hydrogen-bond acceptors (Lipinski definition) is 2. The molecule has 92 valence electrons. The number of Topliss-reactive ketones (excluding diaryl/α,β-unsaturated/α-hetero) is 1. The molecule has 0 bridgehead atoms. The van der Waals surface area contributed by atoms with Gasteiger partial charge in [-0.05, 0) is 44.4 Å². The van der Waals surface area contributed by atoms with Crippen LogP contribution in [0.15, 0.2) is 6.07 Å². The number of thioether (sulfide) groups is 1. The van der Waals surface area contributed by atoms with Gasteiger partial charge in [-0.1, -0.05) is 0 Å². The summed E-state index contributed by atoms with van der Waals surface area (Å²) in [6.45, 7) is 2.16. The average Bonchev–Trinajstić information content (AvgIpc) is 2.68. The molecule has 1 atom stereocenters. The summed E-state index contributed by atoms with van der Waals surface area (Å²) in [4.78, 5) is 11.9. The van der Waals surface area contributed by atoms with Crippen molar-refractivity contribution in [2.45, 2.75) is 45.1 Å². The minimum atomic E-state index is 0.358. The molecule has 0 radical (unpaired) electrons. The third-order valence-electron chi connectivity index (χ3n) is 3.95. The van der Waals surface area contributed by atoms with Crippen LogP contribution < -0.4 is 0 Å². The number of aryl methyl sites for hydroxylation is 1. The molecule has 0 aromatic carbocycles. The van der Waals surface area contributed by atoms with Crippen LogP contribution in [0.4, 0.5) is 0 Å². The first-order chi connectivity index (χ1) is 8.27. The van der Waals surface area contributed by atoms with Crippen LogP contribution >= 0.6 is 11.8 Å². The summed E-state index contributed by atoms with van der Waals surface area (Å²) in [5.41, 5.74) is 3.63. The van der Waals surface area contributed by atoms with Crippen molar-refractivity contribution >= 4 is 17.5 Å². The Morgan fingerprint density at radius 3 is 3.00 bits per heavy atom. The zero-order chi connectivity index (χ0) is 11.8. The summed E-state index contributed by atoms with van der Waals surface area (Å²) in [6, 6.07) is 2.75. The summed E-state index contributed by atoms with van der Waals surface area (Å²) in [6.07, 6.45) is 5.47. The second-order valence-electron chi connectivity index (χ2n) is 5.16. The van der Waals surface area contributed by atoms with Gasteiger partial charge in [0, 0.05) is 35.2 Å². The first kappa shape index (κ1) is 11.4. The lowest BCUT2D eigenvalue weighted by Crippen LogP contribution is -2.21. The van der Waals surface area contributed by atoms with Crippen molar-refractivity contribution in [3.8, 4) is 0 Å². The molecule has 2 heterocycles. The predicted molar refractivity (Wildman–Crippen MR) is 72.0 cm³/mol. The number of fused-ring (bicyclic) bond motifs is 1. The molecule has 1 fully saturated rings. The Balaban J connectivity index is 2.01. The molecule has 1 aliphatic carbocycles. The van der Waals surface area contributed by atoms with Crippen molar-refractivity contribution < 1.29 is 4.79 Å². The van der Waals surface area contributed by atoms with Gasteiger partial charge in [0.2, 0.25) is 0 Å². The quantitative estimate of drug-likeness (QED) is 0.761. The standard InChI is InChI=1S/C14H19NOS/c1-10-8-12-13(5-2-6-14(12)16)15(10)11-4-3-7-17-9-11/h8,11H,2-7,9H2,1H3. The molecule has 3 heteroatoms. The molecule has 0 N–H and O–H groups in total. The Labute approximate surface area is 107 Å². The van der Waals surface area contributed by atoms with E-state index in [1.807, 2.05) is 0 Å². The summed E-state index contributed by atoms with van der Waals surface area (Å²) in [5, 5.41) is 0. The van der Waals surface area contributed by atoms with Gasteiger partial charge in [0.1, 0.15) is 0 Å². The highest BCUT2D eigenvalue weighted by molar-refractivity contribution is 7.99. The van der Waals surface area contributed by atoms with E-state index in [0.29, 0.717) is 11.8 Å². The summed E-state index contributed by atoms with van der Waals surface area (Å²) in [5.74, 6) is 2.88. The minimum absolute atomic E-state index is 0.358. The lowest BCUT2D eigenvalue weighted by atomic mass is 9.96. The lowest BCUT2D eigenvalue weighted by molar-refractivity contribution is 0.0971. The van der Waals surface area contributed by atoms with Gasteiger partial charge in [-0.15, -0.1) is 0 Å². The topological polar surface area (TPSA) is 22.0 Å². The molecule has 17 heavy (non-hydrogen) atoms. The van der Waals surface area contributed by atoms with Crippen LogP contribution in [0.2, 0.25) is 0 Å². The highest BCUT2D eigenvalue weighted by Gasteiger charge is 2.26. The minimum Gasteiger partial charge on any atom is -0.344 e. The molecule has 2 nitrogen and oxygen atoms in total. The average molecular weight is 249 g/mol. The van der Waals surface area contributed by atoms with E-state index in [9.17, 15) is 4.79 Å². The lowest BCUT2D eigenvalue weighted by Gasteiger charge is -2.27. The molecule has 1 aromatic heterocycles. The normalized spacial score (nSPS) is 24.8. The fraction of sp³-hybridized carbons (Fsp3) is 0.643. The van der Waals surface area contributed by atoms with E-state index in [1.165, 1.54) is 35.7 Å². The van der Waals surface area contributed by atoms with Crippen LogP contribution in [-0.4, -0.2) is 21.9 Å². The zero-order valence-electron chi connectivity index (χ0n) is 10.4. The maximum absolute atomic E-state index is 11.9. The number of aromatic nitrogens is 1. The van der Waals surface area contributed by atoms with Gasteiger partial charge in [-0.3, -0.25) is 4.79 Å². The molecule has 3 rings (SSSR count). The van der Waals surface area contributed by atoms with Crippen molar-refractivity contribution in [1.82, 2.24) is 4.57 Å². The Hall–Kier alpha value is -0.700. The largest absolute Gasteiger partial charge is 0.344 e. The van der Waals surface area contributed by atoms with Crippen LogP contribution in [0.5, 0.6) is 0 Å². The van der Waals surface area contributed by atoms with Crippen molar-refractivity contribution in [3.05, 3.63) is 23.0 Å². The predicted octanol–water partition coefficient (Wildman–Crippen LogP) is 3.38. The van der Waals surface area contributed by atoms with Gasteiger partial charge in [0.15, 0.2) is 5.78 Å². The zero-order valence-corrected chi connectivity index (χ0v) is 11.2. The van der Waals surface area contributed by atoms with Gasteiger partial charge in [-0.25, -0.2) is 0 Å². The number of carbonyl (C=O) groups excluding carboxylic acids is 1. The van der Waals surface area contributed by atoms with Gasteiger partial charge in [-0.2, -0.15) is 11.8 Å². The number of ketones is 1. The van der Waals surface area contributed by atoms with Gasteiger partial charge >= 0.3 is 0 Å². The van der Waals surface area contributed by atoms with E-state index < -0.39 is 0 Å². The third kappa shape index (κ3) is 1.95. The second-order valence-corrected chi connectivity index (χ2v) is 6.31. The molecule has 1 saturated heterocycles. The number of rotatable bonds is 1. The Kier molecular flexibility index (Phi) is 3.03. The Morgan fingerprint density at radius 2 is 2.24 bits per heavy atom. The van der Waals surface area contributed by atoms with Crippen molar-refractivity contribution in [1.29, 1.82) is 0 Å². The van der Waals surface area contributed by atoms with Crippen LogP contribution in [-0.2, 0) is 6.42 Å². The van der Waals surface area contributed by atoms with E-state index in [4.69, 9.17) is 0 Å². The molecule has 2 aliphatic rings. The van der Waals surface area contributed by atoms with E-state index >= 15 is 0 Å². The van der Waals surface area contributed by atoms with Crippen LogP contribution in [0.1, 0.15) is 53.5 Å². The summed E-state index contributed by atoms with van der Waals surface area (Å²) >= 11 is 2.06. The maximum atomic E-state index is 11.9. The second kappa shape index (κ2) is 4.52. The van der Waals surface area contributed by atoms with Crippen molar-refractivity contribution in [2.75, 3.05) is 11.5 Å². The van der Waals surface area contributed by atoms with Crippen molar-refractivity contribution in [2.24, 2.45) is 0 Å².